The third-order valence-electron chi connectivity index (χ3n) is 3.05. The van der Waals surface area contributed by atoms with Crippen LogP contribution in [0, 0.1) is 5.41 Å². The van der Waals surface area contributed by atoms with E-state index in [4.69, 9.17) is 5.11 Å². The van der Waals surface area contributed by atoms with Gasteiger partial charge >= 0.3 is 12.0 Å². The molecule has 0 saturated heterocycles. The Hall–Kier alpha value is -1.30. The van der Waals surface area contributed by atoms with E-state index in [1.165, 1.54) is 0 Å². The predicted molar refractivity (Wildman–Crippen MR) is 79.8 cm³/mol. The lowest BCUT2D eigenvalue weighted by Crippen LogP contribution is -2.47. The van der Waals surface area contributed by atoms with Crippen molar-refractivity contribution in [2.75, 3.05) is 20.6 Å². The van der Waals surface area contributed by atoms with Gasteiger partial charge in [0.25, 0.3) is 0 Å². The van der Waals surface area contributed by atoms with Crippen LogP contribution in [0.2, 0.25) is 0 Å². The summed E-state index contributed by atoms with van der Waals surface area (Å²) in [7, 11) is 3.88. The Bertz CT molecular complexity index is 324. The van der Waals surface area contributed by atoms with Crippen molar-refractivity contribution in [3.05, 3.63) is 0 Å². The highest BCUT2D eigenvalue weighted by Crippen LogP contribution is 2.22. The molecule has 0 spiro atoms. The second-order valence-electron chi connectivity index (χ2n) is 6.73. The van der Waals surface area contributed by atoms with Crippen LogP contribution in [-0.4, -0.2) is 54.7 Å². The average Bonchev–Trinajstić information content (AvgIpc) is 2.21. The SMILES string of the molecule is CC(CNC(=O)NC(CC(=O)O)CC(C)(C)C)N(C)C. The van der Waals surface area contributed by atoms with E-state index in [-0.39, 0.29) is 30.0 Å². The van der Waals surface area contributed by atoms with E-state index in [1.807, 2.05) is 46.7 Å². The summed E-state index contributed by atoms with van der Waals surface area (Å²) < 4.78 is 0. The van der Waals surface area contributed by atoms with Crippen molar-refractivity contribution in [3.63, 3.8) is 0 Å². The first kappa shape index (κ1) is 18.7. The molecule has 0 aliphatic carbocycles. The molecule has 118 valence electrons. The molecule has 2 unspecified atom stereocenters. The minimum atomic E-state index is -0.902. The van der Waals surface area contributed by atoms with Gasteiger partial charge in [-0.1, -0.05) is 20.8 Å². The van der Waals surface area contributed by atoms with Gasteiger partial charge in [0.1, 0.15) is 0 Å². The summed E-state index contributed by atoms with van der Waals surface area (Å²) in [5, 5.41) is 14.4. The van der Waals surface area contributed by atoms with Gasteiger partial charge in [-0.25, -0.2) is 4.79 Å². The zero-order chi connectivity index (χ0) is 15.9. The Balaban J connectivity index is 4.35. The summed E-state index contributed by atoms with van der Waals surface area (Å²) in [5.74, 6) is -0.902. The molecule has 0 bridgehead atoms. The predicted octanol–water partition coefficient (Wildman–Crippen LogP) is 1.52. The number of urea groups is 1. The Kier molecular flexibility index (Phi) is 7.57. The highest BCUT2D eigenvalue weighted by molar-refractivity contribution is 5.75. The number of hydrogen-bond acceptors (Lipinski definition) is 3. The fourth-order valence-corrected chi connectivity index (χ4v) is 1.78. The number of nitrogens with zero attached hydrogens (tertiary/aromatic N) is 1. The lowest BCUT2D eigenvalue weighted by molar-refractivity contribution is -0.137. The van der Waals surface area contributed by atoms with E-state index in [9.17, 15) is 9.59 Å². The second kappa shape index (κ2) is 8.09. The number of likely N-dealkylation sites (N-methyl/N-ethyl adjacent to an activating group) is 1. The van der Waals surface area contributed by atoms with Crippen molar-refractivity contribution < 1.29 is 14.7 Å². The molecule has 6 nitrogen and oxygen atoms in total. The van der Waals surface area contributed by atoms with Crippen LogP contribution in [0.5, 0.6) is 0 Å². The monoisotopic (exact) mass is 287 g/mol. The number of rotatable bonds is 7. The first-order valence-electron chi connectivity index (χ1n) is 6.94. The molecule has 0 aromatic heterocycles. The van der Waals surface area contributed by atoms with E-state index in [2.05, 4.69) is 10.6 Å². The van der Waals surface area contributed by atoms with Crippen LogP contribution in [0.3, 0.4) is 0 Å². The van der Waals surface area contributed by atoms with Gasteiger partial charge in [-0.2, -0.15) is 0 Å². The topological polar surface area (TPSA) is 81.7 Å². The maximum atomic E-state index is 11.8. The van der Waals surface area contributed by atoms with Crippen LogP contribution in [-0.2, 0) is 4.79 Å². The summed E-state index contributed by atoms with van der Waals surface area (Å²) in [4.78, 5) is 24.7. The fraction of sp³-hybridized carbons (Fsp3) is 0.857. The summed E-state index contributed by atoms with van der Waals surface area (Å²) >= 11 is 0. The summed E-state index contributed by atoms with van der Waals surface area (Å²) in [6, 6.07) is -0.447. The van der Waals surface area contributed by atoms with E-state index in [0.29, 0.717) is 13.0 Å². The first-order chi connectivity index (χ1) is 9.01. The molecule has 2 atom stereocenters. The minimum Gasteiger partial charge on any atom is -0.481 e. The van der Waals surface area contributed by atoms with Gasteiger partial charge < -0.3 is 20.6 Å². The molecule has 0 fully saturated rings. The Morgan fingerprint density at radius 1 is 1.25 bits per heavy atom. The standard InChI is InChI=1S/C14H29N3O3/c1-10(17(5)6)9-15-13(20)16-11(7-12(18)19)8-14(2,3)4/h10-11H,7-9H2,1-6H3,(H,18,19)(H2,15,16,20). The molecule has 20 heavy (non-hydrogen) atoms. The molecule has 0 aliphatic heterocycles. The molecule has 3 N–H and O–H groups in total. The second-order valence-corrected chi connectivity index (χ2v) is 6.73. The van der Waals surface area contributed by atoms with Crippen molar-refractivity contribution in [3.8, 4) is 0 Å². The lowest BCUT2D eigenvalue weighted by Gasteiger charge is -2.26. The Labute approximate surface area is 121 Å². The lowest BCUT2D eigenvalue weighted by atomic mass is 9.87. The molecule has 0 saturated carbocycles. The fourth-order valence-electron chi connectivity index (χ4n) is 1.78. The number of aliphatic carboxylic acids is 1. The van der Waals surface area contributed by atoms with Crippen LogP contribution >= 0.6 is 0 Å². The Morgan fingerprint density at radius 3 is 2.20 bits per heavy atom. The number of carboxylic acids is 1. The third kappa shape index (κ3) is 9.61. The zero-order valence-electron chi connectivity index (χ0n) is 13.5. The maximum absolute atomic E-state index is 11.8. The number of hydrogen-bond donors (Lipinski definition) is 3. The number of carbonyl (C=O) groups excluding carboxylic acids is 1. The van der Waals surface area contributed by atoms with Crippen molar-refractivity contribution >= 4 is 12.0 Å². The number of carboxylic acid groups (broad SMARTS) is 1. The normalized spacial score (nSPS) is 14.8. The van der Waals surface area contributed by atoms with Crippen LogP contribution in [0.1, 0.15) is 40.5 Å². The van der Waals surface area contributed by atoms with Gasteiger partial charge in [0.2, 0.25) is 0 Å². The van der Waals surface area contributed by atoms with Gasteiger partial charge in [-0.05, 0) is 32.9 Å². The highest BCUT2D eigenvalue weighted by Gasteiger charge is 2.22. The van der Waals surface area contributed by atoms with Gasteiger partial charge in [0.05, 0.1) is 6.42 Å². The smallest absolute Gasteiger partial charge is 0.315 e. The van der Waals surface area contributed by atoms with Crippen molar-refractivity contribution in [1.82, 2.24) is 15.5 Å². The molecule has 0 aliphatic rings. The van der Waals surface area contributed by atoms with E-state index >= 15 is 0 Å². The minimum absolute atomic E-state index is 0.0374. The third-order valence-corrected chi connectivity index (χ3v) is 3.05. The van der Waals surface area contributed by atoms with Gasteiger partial charge in [-0.3, -0.25) is 4.79 Å². The van der Waals surface area contributed by atoms with E-state index < -0.39 is 5.97 Å². The molecule has 0 aromatic carbocycles. The maximum Gasteiger partial charge on any atom is 0.315 e. The summed E-state index contributed by atoms with van der Waals surface area (Å²) in [6.45, 7) is 8.60. The van der Waals surface area contributed by atoms with Crippen LogP contribution in [0.25, 0.3) is 0 Å². The quantitative estimate of drug-likeness (QED) is 0.663. The summed E-state index contributed by atoms with van der Waals surface area (Å²) in [6.07, 6.45) is 0.559. The molecule has 0 rings (SSSR count). The van der Waals surface area contributed by atoms with Crippen LogP contribution < -0.4 is 10.6 Å². The van der Waals surface area contributed by atoms with Crippen molar-refractivity contribution in [2.45, 2.75) is 52.6 Å². The van der Waals surface area contributed by atoms with Gasteiger partial charge in [0, 0.05) is 18.6 Å². The molecular weight excluding hydrogens is 258 g/mol. The molecule has 6 heteroatoms. The molecule has 2 amide bonds. The van der Waals surface area contributed by atoms with Crippen molar-refractivity contribution in [1.29, 1.82) is 0 Å². The number of nitrogens with one attached hydrogen (secondary N) is 2. The van der Waals surface area contributed by atoms with Crippen LogP contribution in [0.15, 0.2) is 0 Å². The van der Waals surface area contributed by atoms with E-state index in [1.54, 1.807) is 0 Å². The van der Waals surface area contributed by atoms with Gasteiger partial charge in [0.15, 0.2) is 0 Å². The largest absolute Gasteiger partial charge is 0.481 e. The molecule has 0 heterocycles. The van der Waals surface area contributed by atoms with Crippen molar-refractivity contribution in [2.24, 2.45) is 5.41 Å². The summed E-state index contributed by atoms with van der Waals surface area (Å²) in [5.41, 5.74) is -0.0374. The first-order valence-corrected chi connectivity index (χ1v) is 6.94. The molecule has 0 aromatic rings. The highest BCUT2D eigenvalue weighted by atomic mass is 16.4. The number of carbonyl (C=O) groups is 2. The molecule has 0 radical (unpaired) electrons. The van der Waals surface area contributed by atoms with Crippen LogP contribution in [0.4, 0.5) is 4.79 Å². The van der Waals surface area contributed by atoms with Gasteiger partial charge in [-0.15, -0.1) is 0 Å². The molecular formula is C14H29N3O3. The number of amides is 2. The Morgan fingerprint density at radius 2 is 1.80 bits per heavy atom. The van der Waals surface area contributed by atoms with E-state index in [0.717, 1.165) is 0 Å². The zero-order valence-corrected chi connectivity index (χ0v) is 13.5. The average molecular weight is 287 g/mol.